The highest BCUT2D eigenvalue weighted by molar-refractivity contribution is 7.80. The van der Waals surface area contributed by atoms with E-state index >= 15 is 0 Å². The average Bonchev–Trinajstić information content (AvgIpc) is 2.56. The molecule has 0 saturated carbocycles. The second-order valence-corrected chi connectivity index (χ2v) is 5.72. The van der Waals surface area contributed by atoms with Gasteiger partial charge in [-0.3, -0.25) is 4.84 Å². The van der Waals surface area contributed by atoms with Crippen LogP contribution in [0.1, 0.15) is 33.5 Å². The number of aromatic nitrogens is 3. The van der Waals surface area contributed by atoms with Crippen LogP contribution < -0.4 is 5.73 Å². The number of rotatable bonds is 2. The van der Waals surface area contributed by atoms with E-state index in [0.29, 0.717) is 16.8 Å². The van der Waals surface area contributed by atoms with Crippen molar-refractivity contribution in [2.45, 2.75) is 39.8 Å². The number of hydrogen-bond donors (Lipinski definition) is 2. The minimum atomic E-state index is -0.976. The number of carbonyl (C=O) groups excluding carboxylic acids is 1. The molecule has 0 bridgehead atoms. The molecule has 2 N–H and O–H groups in total. The number of aryl methyl sites for hydroxylation is 1. The summed E-state index contributed by atoms with van der Waals surface area (Å²) in [5.74, 6) is 0.925. The molecule has 0 fully saturated rings. The number of nitrogens with zero attached hydrogens (tertiary/aromatic N) is 4. The first-order valence-electron chi connectivity index (χ1n) is 5.80. The predicted molar refractivity (Wildman–Crippen MR) is 74.1 cm³/mol. The summed E-state index contributed by atoms with van der Waals surface area (Å²) >= 11 is 4.23. The van der Waals surface area contributed by atoms with Gasteiger partial charge < -0.3 is 5.73 Å². The van der Waals surface area contributed by atoms with Gasteiger partial charge in [0.2, 0.25) is 0 Å². The molecule has 0 aliphatic carbocycles. The van der Waals surface area contributed by atoms with Crippen LogP contribution in [0.15, 0.2) is 10.3 Å². The fraction of sp³-hybridized carbons (Fsp3) is 0.636. The summed E-state index contributed by atoms with van der Waals surface area (Å²) in [6.45, 7) is 9.82. The van der Waals surface area contributed by atoms with Gasteiger partial charge in [0.05, 0.1) is 0 Å². The Bertz CT molecular complexity index is 504. The number of amides is 1. The zero-order valence-corrected chi connectivity index (χ0v) is 12.6. The molecule has 0 aliphatic rings. The van der Waals surface area contributed by atoms with Gasteiger partial charge in [-0.05, 0) is 12.3 Å². The summed E-state index contributed by atoms with van der Waals surface area (Å²) < 4.78 is 1.44. The fourth-order valence-electron chi connectivity index (χ4n) is 1.34. The van der Waals surface area contributed by atoms with Crippen LogP contribution in [0.2, 0.25) is 0 Å². The van der Waals surface area contributed by atoms with E-state index in [1.165, 1.54) is 4.68 Å². The third kappa shape index (κ3) is 3.95. The minimum Gasteiger partial charge on any atom is -0.333 e. The Morgan fingerprint density at radius 3 is 2.47 bits per heavy atom. The van der Waals surface area contributed by atoms with Crippen molar-refractivity contribution in [3.8, 4) is 0 Å². The molecule has 1 aromatic rings. The Labute approximate surface area is 117 Å². The van der Waals surface area contributed by atoms with Gasteiger partial charge in [-0.1, -0.05) is 32.9 Å². The molecular formula is C11H19N5O2S. The molecule has 0 aliphatic heterocycles. The molecule has 0 saturated heterocycles. The first kappa shape index (κ1) is 15.5. The van der Waals surface area contributed by atoms with Crippen LogP contribution in [0, 0.1) is 18.3 Å². The summed E-state index contributed by atoms with van der Waals surface area (Å²) in [5, 5.41) is 8.35. The van der Waals surface area contributed by atoms with Crippen LogP contribution in [-0.4, -0.2) is 26.7 Å². The van der Waals surface area contributed by atoms with E-state index in [9.17, 15) is 4.79 Å². The highest BCUT2D eigenvalue weighted by Gasteiger charge is 2.29. The molecule has 0 aromatic carbocycles. The van der Waals surface area contributed by atoms with Crippen molar-refractivity contribution in [1.82, 2.24) is 14.8 Å². The van der Waals surface area contributed by atoms with Crippen LogP contribution >= 0.6 is 12.6 Å². The average molecular weight is 285 g/mol. The van der Waals surface area contributed by atoms with E-state index in [1.807, 2.05) is 27.7 Å². The molecule has 106 valence electrons. The van der Waals surface area contributed by atoms with Crippen LogP contribution in [-0.2, 0) is 4.84 Å². The van der Waals surface area contributed by atoms with Crippen LogP contribution in [0.4, 0.5) is 4.79 Å². The maximum atomic E-state index is 10.7. The first-order chi connectivity index (χ1) is 8.62. The number of primary amides is 1. The lowest BCUT2D eigenvalue weighted by atomic mass is 9.81. The summed E-state index contributed by atoms with van der Waals surface area (Å²) in [5.41, 5.74) is 4.83. The SMILES string of the molecule is Cc1nc(S)n(C(=NOC(N)=O)C(C)C(C)(C)C)n1. The van der Waals surface area contributed by atoms with Gasteiger partial charge in [0.25, 0.3) is 0 Å². The van der Waals surface area contributed by atoms with Gasteiger partial charge in [-0.15, -0.1) is 17.7 Å². The molecule has 0 radical (unpaired) electrons. The summed E-state index contributed by atoms with van der Waals surface area (Å²) in [7, 11) is 0. The lowest BCUT2D eigenvalue weighted by Gasteiger charge is -2.27. The first-order valence-corrected chi connectivity index (χ1v) is 6.25. The van der Waals surface area contributed by atoms with Gasteiger partial charge >= 0.3 is 6.09 Å². The van der Waals surface area contributed by atoms with Gasteiger partial charge in [-0.25, -0.2) is 9.78 Å². The Kier molecular flexibility index (Phi) is 4.56. The number of hydrogen-bond acceptors (Lipinski definition) is 6. The van der Waals surface area contributed by atoms with Crippen molar-refractivity contribution in [1.29, 1.82) is 0 Å². The number of oxime groups is 1. The molecule has 1 rings (SSSR count). The lowest BCUT2D eigenvalue weighted by Crippen LogP contribution is -2.32. The van der Waals surface area contributed by atoms with Crippen molar-refractivity contribution in [3.05, 3.63) is 5.82 Å². The number of carbonyl (C=O) groups is 1. The summed E-state index contributed by atoms with van der Waals surface area (Å²) in [6, 6.07) is 0. The fourth-order valence-corrected chi connectivity index (χ4v) is 1.63. The standard InChI is InChI=1S/C11H19N5O2S/c1-6(11(3,4)5)8(15-18-9(12)17)16-10(19)13-7(2)14-16/h6H,1-5H3,(H2,12,17)(H,13,14,19). The molecule has 0 spiro atoms. The number of thiol groups is 1. The van der Waals surface area contributed by atoms with Gasteiger partial charge in [0.1, 0.15) is 5.82 Å². The second-order valence-electron chi connectivity index (χ2n) is 5.32. The Morgan fingerprint density at radius 1 is 1.53 bits per heavy atom. The molecule has 1 aromatic heterocycles. The van der Waals surface area contributed by atoms with E-state index in [4.69, 9.17) is 5.73 Å². The summed E-state index contributed by atoms with van der Waals surface area (Å²) in [4.78, 5) is 19.4. The smallest absolute Gasteiger partial charge is 0.333 e. The van der Waals surface area contributed by atoms with Crippen LogP contribution in [0.25, 0.3) is 0 Å². The van der Waals surface area contributed by atoms with Crippen LogP contribution in [0.5, 0.6) is 0 Å². The maximum absolute atomic E-state index is 10.7. The topological polar surface area (TPSA) is 95.4 Å². The molecule has 8 heteroatoms. The highest BCUT2D eigenvalue weighted by atomic mass is 32.1. The molecule has 1 unspecified atom stereocenters. The van der Waals surface area contributed by atoms with Crippen molar-refractivity contribution >= 4 is 24.6 Å². The van der Waals surface area contributed by atoms with Gasteiger partial charge in [-0.2, -0.15) is 4.68 Å². The zero-order chi connectivity index (χ0) is 14.8. The van der Waals surface area contributed by atoms with Crippen molar-refractivity contribution in [3.63, 3.8) is 0 Å². The third-order valence-corrected chi connectivity index (χ3v) is 3.12. The Balaban J connectivity index is 3.24. The molecule has 1 atom stereocenters. The normalized spacial score (nSPS) is 14.3. The van der Waals surface area contributed by atoms with Crippen molar-refractivity contribution in [2.24, 2.45) is 22.2 Å². The van der Waals surface area contributed by atoms with E-state index in [-0.39, 0.29) is 11.3 Å². The molecule has 7 nitrogen and oxygen atoms in total. The van der Waals surface area contributed by atoms with Crippen molar-refractivity contribution in [2.75, 3.05) is 0 Å². The maximum Gasteiger partial charge on any atom is 0.430 e. The largest absolute Gasteiger partial charge is 0.430 e. The van der Waals surface area contributed by atoms with E-state index in [2.05, 4.69) is 32.7 Å². The van der Waals surface area contributed by atoms with E-state index in [0.717, 1.165) is 0 Å². The Hall–Kier alpha value is -1.57. The quantitative estimate of drug-likeness (QED) is 0.285. The van der Waals surface area contributed by atoms with Gasteiger partial charge in [0, 0.05) is 5.92 Å². The second kappa shape index (κ2) is 5.60. The minimum absolute atomic E-state index is 0.0566. The highest BCUT2D eigenvalue weighted by Crippen LogP contribution is 2.27. The molecular weight excluding hydrogens is 266 g/mol. The zero-order valence-electron chi connectivity index (χ0n) is 11.7. The predicted octanol–water partition coefficient (Wildman–Crippen LogP) is 1.81. The third-order valence-electron chi connectivity index (χ3n) is 2.83. The van der Waals surface area contributed by atoms with E-state index in [1.54, 1.807) is 6.92 Å². The van der Waals surface area contributed by atoms with Crippen molar-refractivity contribution < 1.29 is 9.63 Å². The molecule has 1 amide bonds. The monoisotopic (exact) mass is 285 g/mol. The van der Waals surface area contributed by atoms with Crippen LogP contribution in [0.3, 0.4) is 0 Å². The van der Waals surface area contributed by atoms with E-state index < -0.39 is 6.09 Å². The summed E-state index contributed by atoms with van der Waals surface area (Å²) in [6.07, 6.45) is -0.976. The van der Waals surface area contributed by atoms with Gasteiger partial charge in [0.15, 0.2) is 11.0 Å². The number of nitrogens with two attached hydrogens (primary N) is 1. The lowest BCUT2D eigenvalue weighted by molar-refractivity contribution is 0.158. The molecule has 1 heterocycles. The Morgan fingerprint density at radius 2 is 2.11 bits per heavy atom. The molecule has 19 heavy (non-hydrogen) atoms.